The van der Waals surface area contributed by atoms with E-state index in [1.807, 2.05) is 136 Å². The van der Waals surface area contributed by atoms with Gasteiger partial charge in [0.2, 0.25) is 0 Å². The van der Waals surface area contributed by atoms with Crippen molar-refractivity contribution in [1.29, 1.82) is 0 Å². The van der Waals surface area contributed by atoms with E-state index in [-0.39, 0.29) is 18.8 Å². The van der Waals surface area contributed by atoms with Crippen LogP contribution in [0.4, 0.5) is 0 Å². The Morgan fingerprint density at radius 3 is 1.44 bits per heavy atom. The fourth-order valence-corrected chi connectivity index (χ4v) is 4.76. The van der Waals surface area contributed by atoms with Crippen LogP contribution in [0.2, 0.25) is 0 Å². The number of esters is 1. The average molecular weight is 603 g/mol. The van der Waals surface area contributed by atoms with Gasteiger partial charge >= 0.3 is 5.97 Å². The zero-order valence-corrected chi connectivity index (χ0v) is 25.8. The Kier molecular flexibility index (Phi) is 10.2. The number of ether oxygens (including phenoxy) is 4. The number of carbonyl (C=O) groups is 1. The number of hydrogen-bond acceptors (Lipinski definition) is 6. The van der Waals surface area contributed by atoms with Crippen molar-refractivity contribution in [2.24, 2.45) is 0 Å². The fourth-order valence-electron chi connectivity index (χ4n) is 4.76. The topological polar surface area (TPSA) is 74.2 Å². The summed E-state index contributed by atoms with van der Waals surface area (Å²) >= 11 is 0. The second-order valence-corrected chi connectivity index (χ2v) is 11.7. The van der Waals surface area contributed by atoms with E-state index < -0.39 is 17.7 Å². The molecule has 1 unspecified atom stereocenters. The van der Waals surface area contributed by atoms with Crippen LogP contribution in [0, 0.1) is 0 Å². The molecule has 0 fully saturated rings. The smallest absolute Gasteiger partial charge is 0.338 e. The molecule has 6 heteroatoms. The Morgan fingerprint density at radius 1 is 0.600 bits per heavy atom. The van der Waals surface area contributed by atoms with Gasteiger partial charge in [-0.15, -0.1) is 0 Å². The first-order valence-corrected chi connectivity index (χ1v) is 15.0. The number of para-hydroxylation sites is 1. The lowest BCUT2D eigenvalue weighted by Gasteiger charge is -2.24. The van der Waals surface area contributed by atoms with Gasteiger partial charge in [0.1, 0.15) is 48.8 Å². The number of aliphatic hydroxyl groups excluding tert-OH is 1. The molecule has 0 aromatic heterocycles. The number of rotatable bonds is 12. The van der Waals surface area contributed by atoms with Crippen LogP contribution in [0.1, 0.15) is 65.1 Å². The molecule has 45 heavy (non-hydrogen) atoms. The monoisotopic (exact) mass is 602 g/mol. The van der Waals surface area contributed by atoms with Gasteiger partial charge in [0.15, 0.2) is 0 Å². The Labute approximate surface area is 264 Å². The molecule has 0 saturated heterocycles. The zero-order chi connectivity index (χ0) is 31.6. The van der Waals surface area contributed by atoms with E-state index in [1.54, 1.807) is 12.1 Å². The van der Waals surface area contributed by atoms with Crippen molar-refractivity contribution in [2.75, 3.05) is 0 Å². The SMILES string of the molecule is CC(C)(C)OC(=O)c1cc(OCc2ccccc2)c(C(O)c2ccccc2OCc2ccccc2)c(OCc2ccccc2)c1. The van der Waals surface area contributed by atoms with Crippen molar-refractivity contribution in [2.45, 2.75) is 52.3 Å². The normalized spacial score (nSPS) is 11.8. The summed E-state index contributed by atoms with van der Waals surface area (Å²) in [4.78, 5) is 13.3. The van der Waals surface area contributed by atoms with E-state index in [0.29, 0.717) is 35.0 Å². The van der Waals surface area contributed by atoms with Gasteiger partial charge in [-0.2, -0.15) is 0 Å². The third-order valence-electron chi connectivity index (χ3n) is 6.94. The molecule has 5 rings (SSSR count). The maximum Gasteiger partial charge on any atom is 0.338 e. The molecular formula is C39H38O6. The van der Waals surface area contributed by atoms with Crippen molar-refractivity contribution in [1.82, 2.24) is 0 Å². The average Bonchev–Trinajstić information content (AvgIpc) is 3.05. The molecule has 0 aliphatic rings. The Hall–Kier alpha value is -5.07. The quantitative estimate of drug-likeness (QED) is 0.144. The molecule has 5 aromatic rings. The van der Waals surface area contributed by atoms with Gasteiger partial charge in [-0.25, -0.2) is 4.79 Å². The van der Waals surface area contributed by atoms with Gasteiger partial charge in [0.05, 0.1) is 11.1 Å². The number of hydrogen-bond donors (Lipinski definition) is 1. The van der Waals surface area contributed by atoms with E-state index >= 15 is 0 Å². The molecule has 0 heterocycles. The molecule has 6 nitrogen and oxygen atoms in total. The highest BCUT2D eigenvalue weighted by molar-refractivity contribution is 5.91. The van der Waals surface area contributed by atoms with Gasteiger partial charge in [0, 0.05) is 5.56 Å². The van der Waals surface area contributed by atoms with E-state index in [1.165, 1.54) is 0 Å². The lowest BCUT2D eigenvalue weighted by Crippen LogP contribution is -2.24. The van der Waals surface area contributed by atoms with Crippen LogP contribution in [-0.4, -0.2) is 16.7 Å². The molecule has 0 radical (unpaired) electrons. The van der Waals surface area contributed by atoms with E-state index in [0.717, 1.165) is 16.7 Å². The van der Waals surface area contributed by atoms with Crippen molar-refractivity contribution in [3.63, 3.8) is 0 Å². The van der Waals surface area contributed by atoms with Crippen molar-refractivity contribution < 1.29 is 28.8 Å². The van der Waals surface area contributed by atoms with Crippen molar-refractivity contribution in [3.8, 4) is 17.2 Å². The standard InChI is InChI=1S/C39H38O6/c1-39(2,3)45-38(41)31-23-34(43-26-29-17-9-5-10-18-29)36(35(24-31)44-27-30-19-11-6-12-20-30)37(40)32-21-13-14-22-33(32)42-25-28-15-7-4-8-16-28/h4-24,37,40H,25-27H2,1-3H3. The molecule has 1 atom stereocenters. The first-order chi connectivity index (χ1) is 21.8. The number of benzene rings is 5. The number of carbonyl (C=O) groups excluding carboxylic acids is 1. The summed E-state index contributed by atoms with van der Waals surface area (Å²) in [5.74, 6) is 0.601. The summed E-state index contributed by atoms with van der Waals surface area (Å²) in [6.45, 7) is 6.20. The lowest BCUT2D eigenvalue weighted by atomic mass is 9.97. The summed E-state index contributed by atoms with van der Waals surface area (Å²) in [6, 6.07) is 39.8. The van der Waals surface area contributed by atoms with E-state index in [4.69, 9.17) is 18.9 Å². The minimum absolute atomic E-state index is 0.211. The van der Waals surface area contributed by atoms with Gasteiger partial charge in [-0.05, 0) is 55.7 Å². The maximum atomic E-state index is 13.3. The van der Waals surface area contributed by atoms with Gasteiger partial charge in [-0.3, -0.25) is 0 Å². The highest BCUT2D eigenvalue weighted by atomic mass is 16.6. The molecular weight excluding hydrogens is 564 g/mol. The van der Waals surface area contributed by atoms with Crippen LogP contribution in [-0.2, 0) is 24.6 Å². The van der Waals surface area contributed by atoms with Crippen LogP contribution in [0.25, 0.3) is 0 Å². The first-order valence-electron chi connectivity index (χ1n) is 15.0. The Morgan fingerprint density at radius 2 is 1.00 bits per heavy atom. The van der Waals surface area contributed by atoms with E-state index in [2.05, 4.69) is 0 Å². The van der Waals surface area contributed by atoms with Crippen LogP contribution < -0.4 is 14.2 Å². The minimum atomic E-state index is -1.21. The molecule has 0 amide bonds. The van der Waals surface area contributed by atoms with Gasteiger partial charge < -0.3 is 24.1 Å². The summed E-state index contributed by atoms with van der Waals surface area (Å²) in [6.07, 6.45) is -1.21. The summed E-state index contributed by atoms with van der Waals surface area (Å²) < 4.78 is 24.6. The summed E-state index contributed by atoms with van der Waals surface area (Å²) in [5.41, 5.74) is 3.32. The number of aliphatic hydroxyl groups is 1. The van der Waals surface area contributed by atoms with Crippen LogP contribution in [0.5, 0.6) is 17.2 Å². The Bertz CT molecular complexity index is 1610. The minimum Gasteiger partial charge on any atom is -0.489 e. The van der Waals surface area contributed by atoms with Crippen molar-refractivity contribution >= 4 is 5.97 Å². The molecule has 0 bridgehead atoms. The predicted octanol–water partition coefficient (Wildman–Crippen LogP) is 8.46. The highest BCUT2D eigenvalue weighted by Crippen LogP contribution is 2.42. The Balaban J connectivity index is 1.58. The highest BCUT2D eigenvalue weighted by Gasteiger charge is 2.28. The fraction of sp³-hybridized carbons (Fsp3) is 0.205. The molecule has 0 aliphatic carbocycles. The third-order valence-corrected chi connectivity index (χ3v) is 6.94. The predicted molar refractivity (Wildman–Crippen MR) is 174 cm³/mol. The summed E-state index contributed by atoms with van der Waals surface area (Å²) in [7, 11) is 0. The van der Waals surface area contributed by atoms with Gasteiger partial charge in [0.25, 0.3) is 0 Å². The van der Waals surface area contributed by atoms with Crippen LogP contribution in [0.3, 0.4) is 0 Å². The van der Waals surface area contributed by atoms with Crippen LogP contribution in [0.15, 0.2) is 127 Å². The third kappa shape index (κ3) is 8.74. The second-order valence-electron chi connectivity index (χ2n) is 11.7. The lowest BCUT2D eigenvalue weighted by molar-refractivity contribution is 0.00682. The van der Waals surface area contributed by atoms with E-state index in [9.17, 15) is 9.90 Å². The maximum absolute atomic E-state index is 13.3. The largest absolute Gasteiger partial charge is 0.489 e. The molecule has 0 spiro atoms. The van der Waals surface area contributed by atoms with Crippen LogP contribution >= 0.6 is 0 Å². The van der Waals surface area contributed by atoms with Crippen molar-refractivity contribution in [3.05, 3.63) is 161 Å². The molecule has 230 valence electrons. The first kappa shape index (κ1) is 31.4. The van der Waals surface area contributed by atoms with Gasteiger partial charge in [-0.1, -0.05) is 109 Å². The molecule has 5 aromatic carbocycles. The zero-order valence-electron chi connectivity index (χ0n) is 25.8. The molecule has 0 saturated carbocycles. The molecule has 1 N–H and O–H groups in total. The second kappa shape index (κ2) is 14.6. The summed E-state index contributed by atoms with van der Waals surface area (Å²) in [5, 5.41) is 12.1. The molecule has 0 aliphatic heterocycles.